The van der Waals surface area contributed by atoms with Crippen LogP contribution in [-0.4, -0.2) is 27.3 Å². The van der Waals surface area contributed by atoms with Crippen LogP contribution in [0.5, 0.6) is 11.5 Å². The second-order valence-corrected chi connectivity index (χ2v) is 10.3. The minimum absolute atomic E-state index is 0.00266. The van der Waals surface area contributed by atoms with Crippen molar-refractivity contribution in [2.24, 2.45) is 0 Å². The van der Waals surface area contributed by atoms with Crippen molar-refractivity contribution in [3.63, 3.8) is 0 Å². The summed E-state index contributed by atoms with van der Waals surface area (Å²) in [6, 6.07) is 12.8. The number of hydrogen-bond donors (Lipinski definition) is 0. The summed E-state index contributed by atoms with van der Waals surface area (Å²) in [5.74, 6) is 0.298. The number of ether oxygens (including phenoxy) is 3. The first-order valence-electron chi connectivity index (χ1n) is 9.37. The summed E-state index contributed by atoms with van der Waals surface area (Å²) in [5.41, 5.74) is 1.20. The standard InChI is InChI=1S/C22H25ClO5S/c1-14-5-8-16(9-6-14)29(25)21(23)17(12-20(24)28-22(2,3)4)15-7-10-18-19(11-15)27-13-26-18/h5-11,17,21H,12-13H2,1-4H3. The Morgan fingerprint density at radius 3 is 2.45 bits per heavy atom. The van der Waals surface area contributed by atoms with Crippen LogP contribution in [0.4, 0.5) is 0 Å². The van der Waals surface area contributed by atoms with Gasteiger partial charge in [-0.2, -0.15) is 0 Å². The zero-order valence-corrected chi connectivity index (χ0v) is 18.5. The Balaban J connectivity index is 1.90. The molecule has 156 valence electrons. The molecule has 7 heteroatoms. The van der Waals surface area contributed by atoms with Gasteiger partial charge in [0, 0.05) is 10.8 Å². The van der Waals surface area contributed by atoms with Crippen molar-refractivity contribution in [2.45, 2.75) is 55.2 Å². The van der Waals surface area contributed by atoms with Gasteiger partial charge in [-0.1, -0.05) is 23.8 Å². The van der Waals surface area contributed by atoms with Gasteiger partial charge in [-0.05, 0) is 57.5 Å². The molecular weight excluding hydrogens is 412 g/mol. The van der Waals surface area contributed by atoms with Gasteiger partial charge in [0.15, 0.2) is 11.5 Å². The maximum absolute atomic E-state index is 13.1. The lowest BCUT2D eigenvalue weighted by molar-refractivity contribution is -0.155. The Hall–Kier alpha value is -2.05. The second-order valence-electron chi connectivity index (χ2n) is 7.97. The highest BCUT2D eigenvalue weighted by Gasteiger charge is 2.32. The SMILES string of the molecule is Cc1ccc(S(=O)C(Cl)C(CC(=O)OC(C)(C)C)c2ccc3c(c2)OCO3)cc1. The number of alkyl halides is 1. The van der Waals surface area contributed by atoms with Gasteiger partial charge in [-0.15, -0.1) is 11.6 Å². The second kappa shape index (κ2) is 8.76. The fourth-order valence-electron chi connectivity index (χ4n) is 3.02. The van der Waals surface area contributed by atoms with Gasteiger partial charge in [0.2, 0.25) is 6.79 Å². The molecule has 3 rings (SSSR count). The minimum Gasteiger partial charge on any atom is -0.460 e. The molecule has 0 saturated heterocycles. The lowest BCUT2D eigenvalue weighted by Gasteiger charge is -2.25. The van der Waals surface area contributed by atoms with Crippen LogP contribution in [0.15, 0.2) is 47.4 Å². The van der Waals surface area contributed by atoms with E-state index in [0.29, 0.717) is 16.4 Å². The summed E-state index contributed by atoms with van der Waals surface area (Å²) in [6.45, 7) is 7.53. The molecule has 1 aliphatic rings. The van der Waals surface area contributed by atoms with E-state index in [1.165, 1.54) is 0 Å². The van der Waals surface area contributed by atoms with Crippen molar-refractivity contribution < 1.29 is 23.2 Å². The molecule has 0 saturated carbocycles. The monoisotopic (exact) mass is 436 g/mol. The number of fused-ring (bicyclic) bond motifs is 1. The smallest absolute Gasteiger partial charge is 0.307 e. The molecule has 0 radical (unpaired) electrons. The van der Waals surface area contributed by atoms with Crippen LogP contribution in [0, 0.1) is 6.92 Å². The largest absolute Gasteiger partial charge is 0.460 e. The number of carbonyl (C=O) groups is 1. The zero-order valence-electron chi connectivity index (χ0n) is 16.9. The first kappa shape index (κ1) is 21.7. The molecule has 29 heavy (non-hydrogen) atoms. The predicted octanol–water partition coefficient (Wildman–Crippen LogP) is 4.91. The number of aryl methyl sites for hydroxylation is 1. The Kier molecular flexibility index (Phi) is 6.54. The Morgan fingerprint density at radius 1 is 1.14 bits per heavy atom. The lowest BCUT2D eigenvalue weighted by atomic mass is 9.96. The third-order valence-corrected chi connectivity index (χ3v) is 6.67. The molecule has 0 spiro atoms. The van der Waals surface area contributed by atoms with Crippen molar-refractivity contribution >= 4 is 28.4 Å². The molecule has 1 heterocycles. The predicted molar refractivity (Wildman–Crippen MR) is 113 cm³/mol. The molecular formula is C22H25ClO5S. The molecule has 0 fully saturated rings. The minimum atomic E-state index is -1.52. The topological polar surface area (TPSA) is 61.8 Å². The first-order chi connectivity index (χ1) is 13.6. The fourth-order valence-corrected chi connectivity index (χ4v) is 4.78. The average molecular weight is 437 g/mol. The van der Waals surface area contributed by atoms with E-state index in [4.69, 9.17) is 25.8 Å². The van der Waals surface area contributed by atoms with E-state index < -0.39 is 33.0 Å². The summed E-state index contributed by atoms with van der Waals surface area (Å²) in [6.07, 6.45) is 0.00266. The van der Waals surface area contributed by atoms with E-state index in [-0.39, 0.29) is 13.2 Å². The first-order valence-corrected chi connectivity index (χ1v) is 11.0. The Labute approximate surface area is 178 Å². The van der Waals surface area contributed by atoms with E-state index in [1.54, 1.807) is 24.3 Å². The molecule has 3 atom stereocenters. The molecule has 5 nitrogen and oxygen atoms in total. The van der Waals surface area contributed by atoms with Gasteiger partial charge in [0.05, 0.1) is 17.2 Å². The highest BCUT2D eigenvalue weighted by atomic mass is 35.5. The van der Waals surface area contributed by atoms with Gasteiger partial charge in [0.1, 0.15) is 10.3 Å². The number of rotatable bonds is 6. The van der Waals surface area contributed by atoms with E-state index in [1.807, 2.05) is 45.9 Å². The molecule has 3 unspecified atom stereocenters. The highest BCUT2D eigenvalue weighted by molar-refractivity contribution is 7.87. The molecule has 0 aliphatic carbocycles. The summed E-state index contributed by atoms with van der Waals surface area (Å²) in [4.78, 5) is 13.2. The van der Waals surface area contributed by atoms with Crippen LogP contribution in [0.1, 0.15) is 44.2 Å². The number of halogens is 1. The zero-order chi connectivity index (χ0) is 21.2. The molecule has 2 aromatic carbocycles. The number of esters is 1. The van der Waals surface area contributed by atoms with Gasteiger partial charge >= 0.3 is 5.97 Å². The van der Waals surface area contributed by atoms with Crippen LogP contribution in [0.3, 0.4) is 0 Å². The summed E-state index contributed by atoms with van der Waals surface area (Å²) in [7, 11) is -1.52. The Morgan fingerprint density at radius 2 is 1.79 bits per heavy atom. The van der Waals surface area contributed by atoms with Crippen LogP contribution in [-0.2, 0) is 20.3 Å². The fraction of sp³-hybridized carbons (Fsp3) is 0.409. The van der Waals surface area contributed by atoms with Crippen molar-refractivity contribution in [3.05, 3.63) is 53.6 Å². The molecule has 1 aliphatic heterocycles. The lowest BCUT2D eigenvalue weighted by Crippen LogP contribution is -2.28. The van der Waals surface area contributed by atoms with E-state index in [2.05, 4.69) is 0 Å². The normalized spacial score (nSPS) is 16.2. The van der Waals surface area contributed by atoms with Crippen molar-refractivity contribution in [1.29, 1.82) is 0 Å². The van der Waals surface area contributed by atoms with Gasteiger partial charge in [0.25, 0.3) is 0 Å². The van der Waals surface area contributed by atoms with Crippen molar-refractivity contribution in [3.8, 4) is 11.5 Å². The summed E-state index contributed by atoms with van der Waals surface area (Å²) >= 11 is 6.69. The number of carbonyl (C=O) groups excluding carboxylic acids is 1. The maximum Gasteiger partial charge on any atom is 0.307 e. The average Bonchev–Trinajstić information content (AvgIpc) is 3.12. The maximum atomic E-state index is 13.1. The molecule has 0 amide bonds. The third-order valence-electron chi connectivity index (χ3n) is 4.41. The summed E-state index contributed by atoms with van der Waals surface area (Å²) in [5, 5.41) is 0. The quantitative estimate of drug-likeness (QED) is 0.475. The van der Waals surface area contributed by atoms with Gasteiger partial charge in [-0.3, -0.25) is 9.00 Å². The Bertz CT molecular complexity index is 904. The third kappa shape index (κ3) is 5.52. The van der Waals surface area contributed by atoms with Crippen molar-refractivity contribution in [1.82, 2.24) is 0 Å². The molecule has 0 aromatic heterocycles. The van der Waals surface area contributed by atoms with Gasteiger partial charge in [-0.25, -0.2) is 0 Å². The van der Waals surface area contributed by atoms with E-state index >= 15 is 0 Å². The number of hydrogen-bond acceptors (Lipinski definition) is 5. The van der Waals surface area contributed by atoms with E-state index in [0.717, 1.165) is 11.1 Å². The van der Waals surface area contributed by atoms with Crippen LogP contribution >= 0.6 is 11.6 Å². The van der Waals surface area contributed by atoms with E-state index in [9.17, 15) is 9.00 Å². The van der Waals surface area contributed by atoms with Gasteiger partial charge < -0.3 is 14.2 Å². The molecule has 0 N–H and O–H groups in total. The number of benzene rings is 2. The highest BCUT2D eigenvalue weighted by Crippen LogP contribution is 2.39. The van der Waals surface area contributed by atoms with Crippen LogP contribution in [0.25, 0.3) is 0 Å². The van der Waals surface area contributed by atoms with Crippen LogP contribution in [0.2, 0.25) is 0 Å². The molecule has 2 aromatic rings. The molecule has 0 bridgehead atoms. The van der Waals surface area contributed by atoms with Crippen LogP contribution < -0.4 is 9.47 Å². The summed E-state index contributed by atoms with van der Waals surface area (Å²) < 4.78 is 28.6. The van der Waals surface area contributed by atoms with Crippen molar-refractivity contribution in [2.75, 3.05) is 6.79 Å².